The predicted octanol–water partition coefficient (Wildman–Crippen LogP) is -1.19. The first-order valence-corrected chi connectivity index (χ1v) is 5.22. The molecule has 93 valence electrons. The van der Waals surface area contributed by atoms with Crippen molar-refractivity contribution in [2.75, 3.05) is 52.6 Å². The van der Waals surface area contributed by atoms with Gasteiger partial charge in [-0.3, -0.25) is 9.59 Å². The molecule has 2 fully saturated rings. The topological polar surface area (TPSA) is 67.9 Å². The molecule has 6 nitrogen and oxygen atoms in total. The van der Waals surface area contributed by atoms with Crippen LogP contribution in [0.5, 0.6) is 0 Å². The van der Waals surface area contributed by atoms with Crippen LogP contribution < -0.4 is 5.32 Å². The number of carbonyl (C=O) groups is 1. The van der Waals surface area contributed by atoms with Crippen LogP contribution in [0.25, 0.3) is 0 Å². The van der Waals surface area contributed by atoms with E-state index in [0.717, 1.165) is 45.8 Å². The van der Waals surface area contributed by atoms with Crippen molar-refractivity contribution >= 4 is 13.2 Å². The number of carbonyl (C=O) groups excluding carboxylic acids is 2. The second kappa shape index (κ2) is 12.1. The van der Waals surface area contributed by atoms with E-state index in [2.05, 4.69) is 12.1 Å². The van der Waals surface area contributed by atoms with Crippen LogP contribution in [0.15, 0.2) is 0 Å². The van der Waals surface area contributed by atoms with Crippen LogP contribution in [0.1, 0.15) is 0 Å². The van der Waals surface area contributed by atoms with E-state index in [1.807, 2.05) is 0 Å². The Morgan fingerprint density at radius 3 is 1.75 bits per heavy atom. The van der Waals surface area contributed by atoms with Gasteiger partial charge in [-0.1, -0.05) is 0 Å². The van der Waals surface area contributed by atoms with E-state index in [4.69, 9.17) is 14.3 Å². The zero-order valence-corrected chi connectivity index (χ0v) is 9.39. The Balaban J connectivity index is 0.000000251. The van der Waals surface area contributed by atoms with Crippen molar-refractivity contribution in [1.29, 1.82) is 0 Å². The third-order valence-electron chi connectivity index (χ3n) is 2.04. The van der Waals surface area contributed by atoms with Crippen LogP contribution in [0.2, 0.25) is 0 Å². The SMILES string of the molecule is C1COCCN1.O=CN1CCOCC1.[CH]=O. The lowest BCUT2D eigenvalue weighted by Crippen LogP contribution is -2.34. The average molecular weight is 231 g/mol. The summed E-state index contributed by atoms with van der Waals surface area (Å²) in [5.74, 6) is 0. The van der Waals surface area contributed by atoms with Gasteiger partial charge < -0.3 is 19.7 Å². The third kappa shape index (κ3) is 8.34. The molecular weight excluding hydrogens is 212 g/mol. The van der Waals surface area contributed by atoms with Crippen molar-refractivity contribution in [2.24, 2.45) is 0 Å². The number of amides is 1. The summed E-state index contributed by atoms with van der Waals surface area (Å²) in [6.07, 6.45) is 0.864. The molecule has 0 bridgehead atoms. The third-order valence-corrected chi connectivity index (χ3v) is 2.04. The Morgan fingerprint density at radius 1 is 1.00 bits per heavy atom. The van der Waals surface area contributed by atoms with E-state index in [9.17, 15) is 4.79 Å². The van der Waals surface area contributed by atoms with Crippen LogP contribution in [0.4, 0.5) is 0 Å². The maximum Gasteiger partial charge on any atom is 0.209 e. The van der Waals surface area contributed by atoms with Crippen molar-refractivity contribution in [1.82, 2.24) is 10.2 Å². The molecule has 2 aliphatic heterocycles. The van der Waals surface area contributed by atoms with E-state index in [1.54, 1.807) is 4.90 Å². The van der Waals surface area contributed by atoms with Gasteiger partial charge in [-0.15, -0.1) is 0 Å². The molecule has 1 radical (unpaired) electrons. The van der Waals surface area contributed by atoms with Gasteiger partial charge in [0.2, 0.25) is 6.41 Å². The first-order valence-electron chi connectivity index (χ1n) is 5.22. The second-order valence-corrected chi connectivity index (χ2v) is 3.12. The summed E-state index contributed by atoms with van der Waals surface area (Å²) < 4.78 is 10.0. The number of ether oxygens (including phenoxy) is 2. The Kier molecular flexibility index (Phi) is 11.4. The molecule has 2 heterocycles. The summed E-state index contributed by atoms with van der Waals surface area (Å²) in [6.45, 7) is 9.98. The second-order valence-electron chi connectivity index (χ2n) is 3.12. The molecular formula is C10H19N2O4. The minimum Gasteiger partial charge on any atom is -0.379 e. The summed E-state index contributed by atoms with van der Waals surface area (Å²) in [4.78, 5) is 19.5. The maximum atomic E-state index is 10.0. The Hall–Kier alpha value is -0.980. The summed E-state index contributed by atoms with van der Waals surface area (Å²) in [5.41, 5.74) is 0. The highest BCUT2D eigenvalue weighted by molar-refractivity contribution is 5.46. The molecule has 0 saturated carbocycles. The van der Waals surface area contributed by atoms with Crippen molar-refractivity contribution in [3.8, 4) is 0 Å². The first-order chi connectivity index (χ1) is 7.93. The molecule has 1 N–H and O–H groups in total. The number of rotatable bonds is 1. The molecule has 1 amide bonds. The summed E-state index contributed by atoms with van der Waals surface area (Å²) in [7, 11) is 0. The molecule has 0 aromatic carbocycles. The smallest absolute Gasteiger partial charge is 0.209 e. The number of nitrogens with zero attached hydrogens (tertiary/aromatic N) is 1. The van der Waals surface area contributed by atoms with E-state index in [-0.39, 0.29) is 0 Å². The molecule has 16 heavy (non-hydrogen) atoms. The van der Waals surface area contributed by atoms with Gasteiger partial charge in [0, 0.05) is 26.2 Å². The summed E-state index contributed by atoms with van der Waals surface area (Å²) in [5, 5.41) is 3.16. The molecule has 0 spiro atoms. The van der Waals surface area contributed by atoms with Crippen LogP contribution in [0, 0.1) is 0 Å². The Bertz CT molecular complexity index is 147. The van der Waals surface area contributed by atoms with Crippen molar-refractivity contribution < 1.29 is 19.1 Å². The maximum absolute atomic E-state index is 10.0. The monoisotopic (exact) mass is 231 g/mol. The summed E-state index contributed by atoms with van der Waals surface area (Å²) in [6, 6.07) is 0. The fourth-order valence-corrected chi connectivity index (χ4v) is 1.20. The fourth-order valence-electron chi connectivity index (χ4n) is 1.20. The number of hydrogen-bond donors (Lipinski definition) is 1. The lowest BCUT2D eigenvalue weighted by Gasteiger charge is -2.21. The predicted molar refractivity (Wildman–Crippen MR) is 58.9 cm³/mol. The standard InChI is InChI=1S/C5H9NO2.C4H9NO.CHO/c7-5-6-1-3-8-4-2-6;1-3-6-4-2-5-1;1-2/h5H,1-4H2;5H,1-4H2;1H. The van der Waals surface area contributed by atoms with Crippen molar-refractivity contribution in [3.05, 3.63) is 0 Å². The van der Waals surface area contributed by atoms with Gasteiger partial charge in [-0.25, -0.2) is 0 Å². The van der Waals surface area contributed by atoms with E-state index in [1.165, 1.54) is 0 Å². The molecule has 2 saturated heterocycles. The largest absolute Gasteiger partial charge is 0.379 e. The normalized spacial score (nSPS) is 19.6. The lowest BCUT2D eigenvalue weighted by atomic mass is 10.5. The molecule has 0 unspecified atom stereocenters. The average Bonchev–Trinajstić information content (AvgIpc) is 2.44. The number of hydrogen-bond acceptors (Lipinski definition) is 5. The van der Waals surface area contributed by atoms with Crippen LogP contribution in [-0.2, 0) is 19.1 Å². The molecule has 2 aliphatic rings. The van der Waals surface area contributed by atoms with Crippen LogP contribution >= 0.6 is 0 Å². The Labute approximate surface area is 95.9 Å². The molecule has 6 heteroatoms. The Morgan fingerprint density at radius 2 is 1.50 bits per heavy atom. The van der Waals surface area contributed by atoms with Gasteiger partial charge in [0.05, 0.1) is 26.4 Å². The molecule has 0 aromatic rings. The lowest BCUT2D eigenvalue weighted by molar-refractivity contribution is -0.121. The van der Waals surface area contributed by atoms with Gasteiger partial charge in [0.1, 0.15) is 0 Å². The highest BCUT2D eigenvalue weighted by Crippen LogP contribution is 1.90. The minimum absolute atomic E-state index is 0.693. The quantitative estimate of drug-likeness (QED) is 0.575. The van der Waals surface area contributed by atoms with Crippen molar-refractivity contribution in [2.45, 2.75) is 0 Å². The highest BCUT2D eigenvalue weighted by atomic mass is 16.5. The van der Waals surface area contributed by atoms with Gasteiger partial charge in [-0.05, 0) is 0 Å². The molecule has 0 atom stereocenters. The number of nitrogens with one attached hydrogen (secondary N) is 1. The van der Waals surface area contributed by atoms with Gasteiger partial charge >= 0.3 is 0 Å². The minimum atomic E-state index is 0.693. The van der Waals surface area contributed by atoms with Gasteiger partial charge in [0.15, 0.2) is 6.79 Å². The van der Waals surface area contributed by atoms with E-state index in [0.29, 0.717) is 13.2 Å². The molecule has 0 aromatic heterocycles. The molecule has 2 rings (SSSR count). The van der Waals surface area contributed by atoms with Crippen LogP contribution in [0.3, 0.4) is 0 Å². The number of morpholine rings is 2. The first kappa shape index (κ1) is 15.0. The van der Waals surface area contributed by atoms with E-state index < -0.39 is 0 Å². The van der Waals surface area contributed by atoms with Gasteiger partial charge in [-0.2, -0.15) is 0 Å². The van der Waals surface area contributed by atoms with Crippen LogP contribution in [-0.4, -0.2) is 70.7 Å². The van der Waals surface area contributed by atoms with E-state index >= 15 is 0 Å². The highest BCUT2D eigenvalue weighted by Gasteiger charge is 2.05. The molecule has 0 aliphatic carbocycles. The van der Waals surface area contributed by atoms with Gasteiger partial charge in [0.25, 0.3) is 0 Å². The fraction of sp³-hybridized carbons (Fsp3) is 0.800. The zero-order valence-electron chi connectivity index (χ0n) is 9.39. The summed E-state index contributed by atoms with van der Waals surface area (Å²) >= 11 is 0. The zero-order chi connectivity index (χ0) is 12.1. The van der Waals surface area contributed by atoms with Crippen molar-refractivity contribution in [3.63, 3.8) is 0 Å².